The van der Waals surface area contributed by atoms with E-state index in [1.165, 1.54) is 6.33 Å². The van der Waals surface area contributed by atoms with Crippen LogP contribution in [0.25, 0.3) is 11.3 Å². The first kappa shape index (κ1) is 14.1. The van der Waals surface area contributed by atoms with E-state index in [9.17, 15) is 0 Å². The van der Waals surface area contributed by atoms with Crippen molar-refractivity contribution in [3.05, 3.63) is 42.9 Å². The molecule has 0 aliphatic carbocycles. The van der Waals surface area contributed by atoms with Gasteiger partial charge in [0, 0.05) is 42.9 Å². The molecule has 0 unspecified atom stereocenters. The van der Waals surface area contributed by atoms with Crippen LogP contribution in [0.2, 0.25) is 0 Å². The first-order valence-corrected chi connectivity index (χ1v) is 8.37. The molecule has 0 bridgehead atoms. The molecule has 0 saturated heterocycles. The van der Waals surface area contributed by atoms with Gasteiger partial charge in [-0.25, -0.2) is 15.0 Å². The minimum absolute atomic E-state index is 0.754. The van der Waals surface area contributed by atoms with Crippen LogP contribution < -0.4 is 10.6 Å². The van der Waals surface area contributed by atoms with Gasteiger partial charge in [0.25, 0.3) is 0 Å². The lowest BCUT2D eigenvalue weighted by Crippen LogP contribution is -1.98. The van der Waals surface area contributed by atoms with Crippen molar-refractivity contribution in [2.75, 3.05) is 23.4 Å². The number of rotatable bonds is 4. The Hall–Kier alpha value is -2.54. The Labute approximate surface area is 138 Å². The van der Waals surface area contributed by atoms with E-state index in [1.54, 1.807) is 11.8 Å². The van der Waals surface area contributed by atoms with Crippen LogP contribution in [0.3, 0.4) is 0 Å². The van der Waals surface area contributed by atoms with Crippen LogP contribution in [-0.2, 0) is 6.54 Å². The molecule has 1 aromatic carbocycles. The molecule has 6 nitrogen and oxygen atoms in total. The van der Waals surface area contributed by atoms with Crippen molar-refractivity contribution in [3.63, 3.8) is 0 Å². The summed E-state index contributed by atoms with van der Waals surface area (Å²) in [6, 6.07) is 10.1. The fraction of sp³-hybridized carbons (Fsp3) is 0.188. The van der Waals surface area contributed by atoms with Crippen molar-refractivity contribution in [3.8, 4) is 11.3 Å². The number of nitrogens with zero attached hydrogens (tertiary/aromatic N) is 4. The molecule has 23 heavy (non-hydrogen) atoms. The summed E-state index contributed by atoms with van der Waals surface area (Å²) in [5.74, 6) is 2.65. The number of nitrogens with one attached hydrogen (secondary N) is 2. The van der Waals surface area contributed by atoms with Crippen molar-refractivity contribution in [2.24, 2.45) is 0 Å². The molecule has 7 heteroatoms. The summed E-state index contributed by atoms with van der Waals surface area (Å²) in [5.41, 5.74) is 3.08. The number of imidazole rings is 1. The van der Waals surface area contributed by atoms with E-state index in [0.717, 1.165) is 46.0 Å². The van der Waals surface area contributed by atoms with Gasteiger partial charge in [0.15, 0.2) is 5.16 Å². The van der Waals surface area contributed by atoms with E-state index in [-0.39, 0.29) is 0 Å². The molecule has 3 aromatic rings. The van der Waals surface area contributed by atoms with Gasteiger partial charge in [0.1, 0.15) is 18.0 Å². The van der Waals surface area contributed by atoms with Crippen LogP contribution in [-0.4, -0.2) is 32.3 Å². The number of hydrogen-bond acceptors (Lipinski definition) is 6. The number of aromatic nitrogens is 4. The van der Waals surface area contributed by atoms with Gasteiger partial charge in [0.2, 0.25) is 0 Å². The lowest BCUT2D eigenvalue weighted by molar-refractivity contribution is 0.719. The van der Waals surface area contributed by atoms with Gasteiger partial charge >= 0.3 is 0 Å². The fourth-order valence-electron chi connectivity index (χ4n) is 2.52. The second kappa shape index (κ2) is 5.92. The fourth-order valence-corrected chi connectivity index (χ4v) is 3.46. The van der Waals surface area contributed by atoms with E-state index in [4.69, 9.17) is 4.98 Å². The summed E-state index contributed by atoms with van der Waals surface area (Å²) in [5, 5.41) is 7.42. The molecule has 0 atom stereocenters. The lowest BCUT2D eigenvalue weighted by Gasteiger charge is -2.08. The van der Waals surface area contributed by atoms with Gasteiger partial charge in [-0.15, -0.1) is 0 Å². The predicted molar refractivity (Wildman–Crippen MR) is 93.2 cm³/mol. The first-order valence-electron chi connectivity index (χ1n) is 7.39. The zero-order valence-electron chi connectivity index (χ0n) is 12.7. The lowest BCUT2D eigenvalue weighted by atomic mass is 10.1. The van der Waals surface area contributed by atoms with Crippen LogP contribution in [0.1, 0.15) is 0 Å². The summed E-state index contributed by atoms with van der Waals surface area (Å²) >= 11 is 1.81. The molecule has 0 spiro atoms. The molecule has 1 aliphatic rings. The van der Waals surface area contributed by atoms with Crippen LogP contribution in [0.4, 0.5) is 17.3 Å². The van der Waals surface area contributed by atoms with Gasteiger partial charge in [-0.2, -0.15) is 0 Å². The molecule has 3 heterocycles. The Bertz CT molecular complexity index is 823. The normalized spacial score (nSPS) is 12.9. The molecule has 1 aliphatic heterocycles. The number of aryl methyl sites for hydroxylation is 1. The Morgan fingerprint density at radius 1 is 1.17 bits per heavy atom. The Kier molecular flexibility index (Phi) is 3.63. The standard InChI is InChI=1S/C16H16N6S/c1-17-14-8-15(19-10-18-14)20-12-4-2-3-11(7-12)13-9-22-5-6-23-16(22)21-13/h2-4,7-10H,5-6H2,1H3,(H2,17,18,19,20). The largest absolute Gasteiger partial charge is 0.373 e. The molecular weight excluding hydrogens is 308 g/mol. The van der Waals surface area contributed by atoms with E-state index in [1.807, 2.05) is 25.2 Å². The Balaban J connectivity index is 1.60. The van der Waals surface area contributed by atoms with E-state index >= 15 is 0 Å². The van der Waals surface area contributed by atoms with Crippen molar-refractivity contribution < 1.29 is 0 Å². The summed E-state index contributed by atoms with van der Waals surface area (Å²) in [7, 11) is 1.84. The Morgan fingerprint density at radius 3 is 2.96 bits per heavy atom. The summed E-state index contributed by atoms with van der Waals surface area (Å²) in [6.45, 7) is 1.04. The van der Waals surface area contributed by atoms with Crippen molar-refractivity contribution in [1.82, 2.24) is 19.5 Å². The second-order valence-electron chi connectivity index (χ2n) is 5.19. The highest BCUT2D eigenvalue weighted by molar-refractivity contribution is 7.99. The van der Waals surface area contributed by atoms with Gasteiger partial charge in [-0.1, -0.05) is 23.9 Å². The second-order valence-corrected chi connectivity index (χ2v) is 6.26. The number of benzene rings is 1. The van der Waals surface area contributed by atoms with Crippen molar-refractivity contribution in [2.45, 2.75) is 11.7 Å². The highest BCUT2D eigenvalue weighted by atomic mass is 32.2. The maximum atomic E-state index is 4.70. The van der Waals surface area contributed by atoms with Gasteiger partial charge in [-0.3, -0.25) is 0 Å². The molecule has 2 N–H and O–H groups in total. The summed E-state index contributed by atoms with van der Waals surface area (Å²) in [4.78, 5) is 13.1. The molecule has 0 radical (unpaired) electrons. The number of thioether (sulfide) groups is 1. The average molecular weight is 324 g/mol. The van der Waals surface area contributed by atoms with Gasteiger partial charge in [0.05, 0.1) is 5.69 Å². The SMILES string of the molecule is CNc1cc(Nc2cccc(-c3cn4c(n3)SCC4)c2)ncn1. The minimum Gasteiger partial charge on any atom is -0.373 e. The predicted octanol–water partition coefficient (Wildman–Crippen LogP) is 3.23. The monoisotopic (exact) mass is 324 g/mol. The van der Waals surface area contributed by atoms with E-state index < -0.39 is 0 Å². The molecule has 0 amide bonds. The molecule has 2 aromatic heterocycles. The number of anilines is 3. The van der Waals surface area contributed by atoms with Crippen LogP contribution in [0.5, 0.6) is 0 Å². The number of fused-ring (bicyclic) bond motifs is 1. The third kappa shape index (κ3) is 2.87. The van der Waals surface area contributed by atoms with Gasteiger partial charge < -0.3 is 15.2 Å². The molecule has 0 saturated carbocycles. The molecule has 116 valence electrons. The van der Waals surface area contributed by atoms with E-state index in [2.05, 4.69) is 43.5 Å². The minimum atomic E-state index is 0.754. The maximum absolute atomic E-state index is 4.70. The zero-order chi connectivity index (χ0) is 15.6. The zero-order valence-corrected chi connectivity index (χ0v) is 13.5. The maximum Gasteiger partial charge on any atom is 0.168 e. The third-order valence-corrected chi connectivity index (χ3v) is 4.63. The highest BCUT2D eigenvalue weighted by Gasteiger charge is 2.15. The number of hydrogen-bond donors (Lipinski definition) is 2. The molecule has 0 fully saturated rings. The summed E-state index contributed by atoms with van der Waals surface area (Å²) < 4.78 is 2.21. The van der Waals surface area contributed by atoms with Crippen LogP contribution in [0.15, 0.2) is 48.0 Å². The quantitative estimate of drug-likeness (QED) is 0.768. The molecule has 4 rings (SSSR count). The Morgan fingerprint density at radius 2 is 2.09 bits per heavy atom. The van der Waals surface area contributed by atoms with Crippen molar-refractivity contribution in [1.29, 1.82) is 0 Å². The van der Waals surface area contributed by atoms with Crippen molar-refractivity contribution >= 4 is 29.1 Å². The third-order valence-electron chi connectivity index (χ3n) is 3.66. The van der Waals surface area contributed by atoms with Gasteiger partial charge in [-0.05, 0) is 12.1 Å². The van der Waals surface area contributed by atoms with E-state index in [0.29, 0.717) is 0 Å². The molecular formula is C16H16N6S. The van der Waals surface area contributed by atoms with Crippen LogP contribution in [0, 0.1) is 0 Å². The highest BCUT2D eigenvalue weighted by Crippen LogP contribution is 2.30. The smallest absolute Gasteiger partial charge is 0.168 e. The topological polar surface area (TPSA) is 67.7 Å². The first-order chi connectivity index (χ1) is 11.3. The summed E-state index contributed by atoms with van der Waals surface area (Å²) in [6.07, 6.45) is 3.66. The average Bonchev–Trinajstić information content (AvgIpc) is 3.17. The van der Waals surface area contributed by atoms with Crippen LogP contribution >= 0.6 is 11.8 Å².